The predicted octanol–water partition coefficient (Wildman–Crippen LogP) is 3.48. The summed E-state index contributed by atoms with van der Waals surface area (Å²) in [5.74, 6) is -1.45. The smallest absolute Gasteiger partial charge is 0.477 e. The van der Waals surface area contributed by atoms with Crippen molar-refractivity contribution >= 4 is 27.5 Å². The van der Waals surface area contributed by atoms with Crippen molar-refractivity contribution in [2.45, 2.75) is 19.7 Å². The second-order valence-corrected chi connectivity index (χ2v) is 6.39. The number of carboxylic acid groups (broad SMARTS) is 1. The van der Waals surface area contributed by atoms with E-state index in [9.17, 15) is 22.8 Å². The van der Waals surface area contributed by atoms with Crippen molar-refractivity contribution in [1.29, 1.82) is 0 Å². The molecule has 0 radical (unpaired) electrons. The Morgan fingerprint density at radius 3 is 2.69 bits per heavy atom. The molecule has 0 bridgehead atoms. The fraction of sp³-hybridized carbons (Fsp3) is 0.188. The van der Waals surface area contributed by atoms with Crippen LogP contribution < -0.4 is 10.3 Å². The highest BCUT2D eigenvalue weighted by molar-refractivity contribution is 7.20. The number of thiophene rings is 1. The minimum atomic E-state index is -4.85. The highest BCUT2D eigenvalue weighted by Gasteiger charge is 2.32. The van der Waals surface area contributed by atoms with Gasteiger partial charge < -0.3 is 14.8 Å². The summed E-state index contributed by atoms with van der Waals surface area (Å²) in [6.45, 7) is 1.51. The number of carboxylic acids is 1. The van der Waals surface area contributed by atoms with Crippen molar-refractivity contribution in [1.82, 2.24) is 9.97 Å². The lowest BCUT2D eigenvalue weighted by molar-refractivity contribution is -0.274. The van der Waals surface area contributed by atoms with Crippen LogP contribution in [0.15, 0.2) is 29.1 Å². The predicted molar refractivity (Wildman–Crippen MR) is 87.9 cm³/mol. The zero-order valence-electron chi connectivity index (χ0n) is 13.2. The Labute approximate surface area is 147 Å². The van der Waals surface area contributed by atoms with E-state index in [1.807, 2.05) is 0 Å². The van der Waals surface area contributed by atoms with Gasteiger partial charge in [0.2, 0.25) is 0 Å². The van der Waals surface area contributed by atoms with E-state index >= 15 is 0 Å². The van der Waals surface area contributed by atoms with Crippen molar-refractivity contribution in [3.8, 4) is 5.75 Å². The first-order valence-corrected chi connectivity index (χ1v) is 8.06. The second kappa shape index (κ2) is 6.45. The Morgan fingerprint density at radius 1 is 1.35 bits per heavy atom. The van der Waals surface area contributed by atoms with Gasteiger partial charge in [-0.25, -0.2) is 9.78 Å². The normalized spacial score (nSPS) is 11.7. The zero-order valence-corrected chi connectivity index (χ0v) is 14.0. The molecule has 3 rings (SSSR count). The summed E-state index contributed by atoms with van der Waals surface area (Å²) < 4.78 is 41.5. The molecule has 0 unspecified atom stereocenters. The van der Waals surface area contributed by atoms with Gasteiger partial charge in [-0.3, -0.25) is 4.79 Å². The van der Waals surface area contributed by atoms with Crippen molar-refractivity contribution in [2.75, 3.05) is 0 Å². The number of aromatic nitrogens is 2. The van der Waals surface area contributed by atoms with Gasteiger partial charge in [0.1, 0.15) is 21.3 Å². The summed E-state index contributed by atoms with van der Waals surface area (Å²) >= 11 is 0.843. The molecule has 0 aliphatic carbocycles. The highest BCUT2D eigenvalue weighted by atomic mass is 32.1. The van der Waals surface area contributed by atoms with Gasteiger partial charge in [-0.1, -0.05) is 18.2 Å². The number of aryl methyl sites for hydroxylation is 1. The van der Waals surface area contributed by atoms with Gasteiger partial charge in [-0.05, 0) is 18.6 Å². The first kappa shape index (κ1) is 17.9. The first-order chi connectivity index (χ1) is 12.2. The number of para-hydroxylation sites is 1. The van der Waals surface area contributed by atoms with Gasteiger partial charge in [0, 0.05) is 12.0 Å². The van der Waals surface area contributed by atoms with Crippen LogP contribution in [0, 0.1) is 6.92 Å². The van der Waals surface area contributed by atoms with Crippen molar-refractivity contribution in [3.05, 3.63) is 56.4 Å². The molecule has 0 saturated heterocycles. The lowest BCUT2D eigenvalue weighted by Gasteiger charge is -2.12. The molecule has 0 spiro atoms. The van der Waals surface area contributed by atoms with Crippen LogP contribution >= 0.6 is 11.3 Å². The maximum Gasteiger partial charge on any atom is 0.573 e. The van der Waals surface area contributed by atoms with E-state index in [4.69, 9.17) is 5.11 Å². The number of halogens is 3. The number of hydrogen-bond donors (Lipinski definition) is 2. The number of rotatable bonds is 4. The van der Waals surface area contributed by atoms with E-state index in [1.54, 1.807) is 0 Å². The van der Waals surface area contributed by atoms with Gasteiger partial charge >= 0.3 is 12.3 Å². The SMILES string of the molecule is Cc1c(C(=O)O)sc2nc(Cc3ccccc3OC(F)(F)F)[nH]c(=O)c12. The average molecular weight is 384 g/mol. The Balaban J connectivity index is 2.03. The minimum absolute atomic E-state index is 0.00375. The Bertz CT molecular complexity index is 1060. The number of alkyl halides is 3. The molecule has 3 aromatic rings. The summed E-state index contributed by atoms with van der Waals surface area (Å²) in [6.07, 6.45) is -4.96. The number of fused-ring (bicyclic) bond motifs is 1. The van der Waals surface area contributed by atoms with Gasteiger partial charge in [-0.2, -0.15) is 0 Å². The second-order valence-electron chi connectivity index (χ2n) is 5.39. The molecule has 26 heavy (non-hydrogen) atoms. The summed E-state index contributed by atoms with van der Waals surface area (Å²) in [6, 6.07) is 5.52. The largest absolute Gasteiger partial charge is 0.573 e. The molecule has 1 aromatic carbocycles. The Kier molecular flexibility index (Phi) is 4.45. The lowest BCUT2D eigenvalue weighted by Crippen LogP contribution is -2.18. The maximum absolute atomic E-state index is 12.5. The molecule has 0 aliphatic rings. The van der Waals surface area contributed by atoms with E-state index in [1.165, 1.54) is 25.1 Å². The third kappa shape index (κ3) is 3.54. The maximum atomic E-state index is 12.5. The number of aromatic carboxylic acids is 1. The van der Waals surface area contributed by atoms with E-state index in [2.05, 4.69) is 14.7 Å². The van der Waals surface area contributed by atoms with E-state index in [0.717, 1.165) is 17.4 Å². The van der Waals surface area contributed by atoms with E-state index < -0.39 is 23.6 Å². The average Bonchev–Trinajstić information content (AvgIpc) is 2.85. The number of carbonyl (C=O) groups is 1. The number of hydrogen-bond acceptors (Lipinski definition) is 5. The molecule has 2 N–H and O–H groups in total. The van der Waals surface area contributed by atoms with Gasteiger partial charge in [-0.15, -0.1) is 24.5 Å². The number of ether oxygens (including phenoxy) is 1. The number of H-pyrrole nitrogens is 1. The van der Waals surface area contributed by atoms with Crippen LogP contribution in [-0.4, -0.2) is 27.4 Å². The molecular weight excluding hydrogens is 373 g/mol. The summed E-state index contributed by atoms with van der Waals surface area (Å²) in [5, 5.41) is 9.32. The Morgan fingerprint density at radius 2 is 2.04 bits per heavy atom. The molecule has 0 amide bonds. The molecule has 0 aliphatic heterocycles. The van der Waals surface area contributed by atoms with Crippen molar-refractivity contribution in [2.24, 2.45) is 0 Å². The van der Waals surface area contributed by atoms with E-state index in [0.29, 0.717) is 5.56 Å². The van der Waals surface area contributed by atoms with Crippen LogP contribution in [0.2, 0.25) is 0 Å². The number of aromatic amines is 1. The topological polar surface area (TPSA) is 92.3 Å². The summed E-state index contributed by atoms with van der Waals surface area (Å²) in [5.41, 5.74) is -0.0573. The number of nitrogens with zero attached hydrogens (tertiary/aromatic N) is 1. The first-order valence-electron chi connectivity index (χ1n) is 7.25. The third-order valence-electron chi connectivity index (χ3n) is 3.60. The fourth-order valence-electron chi connectivity index (χ4n) is 2.53. The van der Waals surface area contributed by atoms with Gasteiger partial charge in [0.15, 0.2) is 0 Å². The molecule has 2 aromatic heterocycles. The van der Waals surface area contributed by atoms with Gasteiger partial charge in [0.25, 0.3) is 5.56 Å². The highest BCUT2D eigenvalue weighted by Crippen LogP contribution is 2.29. The molecular formula is C16H11F3N2O4S. The van der Waals surface area contributed by atoms with E-state index in [-0.39, 0.29) is 32.9 Å². The molecule has 10 heteroatoms. The summed E-state index contributed by atoms with van der Waals surface area (Å²) in [7, 11) is 0. The monoisotopic (exact) mass is 384 g/mol. The van der Waals surface area contributed by atoms with Crippen LogP contribution in [-0.2, 0) is 6.42 Å². The van der Waals surface area contributed by atoms with Gasteiger partial charge in [0.05, 0.1) is 5.39 Å². The fourth-order valence-corrected chi connectivity index (χ4v) is 3.57. The van der Waals surface area contributed by atoms with Crippen LogP contribution in [0.3, 0.4) is 0 Å². The standard InChI is InChI=1S/C16H11F3N2O4S/c1-7-11-13(22)20-10(21-14(11)26-12(7)15(23)24)6-8-4-2-3-5-9(8)25-16(17,18)19/h2-5H,6H2,1H3,(H,23,24)(H,20,21,22). The van der Waals surface area contributed by atoms with Crippen LogP contribution in [0.4, 0.5) is 13.2 Å². The zero-order chi connectivity index (χ0) is 19.1. The third-order valence-corrected chi connectivity index (χ3v) is 4.77. The summed E-state index contributed by atoms with van der Waals surface area (Å²) in [4.78, 5) is 30.4. The Hall–Kier alpha value is -2.88. The molecule has 136 valence electrons. The number of nitrogens with one attached hydrogen (secondary N) is 1. The molecule has 6 nitrogen and oxygen atoms in total. The van der Waals surface area contributed by atoms with Crippen LogP contribution in [0.5, 0.6) is 5.75 Å². The minimum Gasteiger partial charge on any atom is -0.477 e. The number of benzene rings is 1. The van der Waals surface area contributed by atoms with Crippen LogP contribution in [0.1, 0.15) is 26.6 Å². The van der Waals surface area contributed by atoms with Crippen LogP contribution in [0.25, 0.3) is 10.2 Å². The molecule has 2 heterocycles. The molecule has 0 atom stereocenters. The quantitative estimate of drug-likeness (QED) is 0.719. The molecule has 0 fully saturated rings. The van der Waals surface area contributed by atoms with Crippen molar-refractivity contribution in [3.63, 3.8) is 0 Å². The van der Waals surface area contributed by atoms with Crippen molar-refractivity contribution < 1.29 is 27.8 Å². The molecule has 0 saturated carbocycles. The lowest BCUT2D eigenvalue weighted by atomic mass is 10.1.